The van der Waals surface area contributed by atoms with Crippen LogP contribution in [0.1, 0.15) is 18.5 Å². The molecule has 0 atom stereocenters. The number of piperazine rings is 1. The summed E-state index contributed by atoms with van der Waals surface area (Å²) in [6.45, 7) is 6.07. The van der Waals surface area contributed by atoms with Crippen LogP contribution >= 0.6 is 15.9 Å². The summed E-state index contributed by atoms with van der Waals surface area (Å²) < 4.78 is 28.2. The van der Waals surface area contributed by atoms with Gasteiger partial charge in [0.15, 0.2) is 0 Å². The van der Waals surface area contributed by atoms with E-state index in [4.69, 9.17) is 4.98 Å². The van der Waals surface area contributed by atoms with Crippen LogP contribution in [0.4, 0.5) is 11.8 Å². The van der Waals surface area contributed by atoms with Gasteiger partial charge in [0.05, 0.1) is 4.90 Å². The van der Waals surface area contributed by atoms with Crippen LogP contribution in [0.15, 0.2) is 39.7 Å². The minimum Gasteiger partial charge on any atom is -0.356 e. The molecule has 0 saturated carbocycles. The van der Waals surface area contributed by atoms with Crippen LogP contribution in [0.3, 0.4) is 0 Å². The van der Waals surface area contributed by atoms with Gasteiger partial charge in [0.25, 0.3) is 0 Å². The quantitative estimate of drug-likeness (QED) is 0.690. The van der Waals surface area contributed by atoms with Crippen molar-refractivity contribution in [2.45, 2.75) is 24.7 Å². The Morgan fingerprint density at radius 2 is 1.54 bits per heavy atom. The van der Waals surface area contributed by atoms with Crippen molar-refractivity contribution < 1.29 is 8.42 Å². The van der Waals surface area contributed by atoms with Gasteiger partial charge in [-0.2, -0.15) is 9.29 Å². The second-order valence-corrected chi connectivity index (χ2v) is 10.1. The van der Waals surface area contributed by atoms with Crippen molar-refractivity contribution in [1.82, 2.24) is 14.3 Å². The van der Waals surface area contributed by atoms with Gasteiger partial charge in [-0.05, 0) is 44.0 Å². The summed E-state index contributed by atoms with van der Waals surface area (Å²) in [7, 11) is -3.48. The van der Waals surface area contributed by atoms with E-state index in [9.17, 15) is 8.42 Å². The summed E-state index contributed by atoms with van der Waals surface area (Å²) in [6, 6.07) is 8.81. The molecule has 2 aromatic rings. The highest BCUT2D eigenvalue weighted by Gasteiger charge is 2.29. The number of anilines is 2. The number of nitrogens with zero attached hydrogens (tertiary/aromatic N) is 5. The smallest absolute Gasteiger partial charge is 0.243 e. The summed E-state index contributed by atoms with van der Waals surface area (Å²) in [5.74, 6) is 1.67. The second kappa shape index (κ2) is 7.96. The third-order valence-corrected chi connectivity index (χ3v) is 7.67. The van der Waals surface area contributed by atoms with Crippen LogP contribution in [0.5, 0.6) is 0 Å². The number of aryl methyl sites for hydroxylation is 1. The van der Waals surface area contributed by atoms with Crippen LogP contribution < -0.4 is 9.80 Å². The van der Waals surface area contributed by atoms with Crippen LogP contribution in [-0.4, -0.2) is 62.0 Å². The van der Waals surface area contributed by atoms with Crippen molar-refractivity contribution in [2.24, 2.45) is 0 Å². The van der Waals surface area contributed by atoms with Crippen molar-refractivity contribution in [2.75, 3.05) is 49.1 Å². The molecular weight excluding hydrogens is 442 g/mol. The third kappa shape index (κ3) is 4.01. The number of halogens is 1. The van der Waals surface area contributed by atoms with E-state index < -0.39 is 10.0 Å². The Bertz CT molecular complexity index is 937. The molecule has 3 heterocycles. The maximum atomic E-state index is 12.9. The summed E-state index contributed by atoms with van der Waals surface area (Å²) in [4.78, 5) is 14.1. The fraction of sp³-hybridized carbons (Fsp3) is 0.474. The van der Waals surface area contributed by atoms with E-state index in [1.54, 1.807) is 28.6 Å². The van der Waals surface area contributed by atoms with Crippen molar-refractivity contribution in [3.8, 4) is 0 Å². The summed E-state index contributed by atoms with van der Waals surface area (Å²) in [5, 5.41) is 0. The first-order chi connectivity index (χ1) is 13.4. The highest BCUT2D eigenvalue weighted by atomic mass is 79.9. The van der Waals surface area contributed by atoms with Gasteiger partial charge >= 0.3 is 0 Å². The molecule has 28 heavy (non-hydrogen) atoms. The van der Waals surface area contributed by atoms with E-state index >= 15 is 0 Å². The first kappa shape index (κ1) is 19.6. The molecule has 0 aliphatic carbocycles. The molecule has 0 amide bonds. The number of hydrogen-bond acceptors (Lipinski definition) is 6. The van der Waals surface area contributed by atoms with E-state index in [1.165, 1.54) is 12.8 Å². The fourth-order valence-electron chi connectivity index (χ4n) is 3.67. The first-order valence-electron chi connectivity index (χ1n) is 9.55. The zero-order chi connectivity index (χ0) is 19.7. The van der Waals surface area contributed by atoms with E-state index in [-0.39, 0.29) is 0 Å². The number of sulfonamides is 1. The molecule has 2 aliphatic heterocycles. The van der Waals surface area contributed by atoms with Gasteiger partial charge in [-0.3, -0.25) is 0 Å². The highest BCUT2D eigenvalue weighted by molar-refractivity contribution is 9.10. The molecule has 0 N–H and O–H groups in total. The van der Waals surface area contributed by atoms with Crippen molar-refractivity contribution in [3.05, 3.63) is 40.5 Å². The Morgan fingerprint density at radius 3 is 2.18 bits per heavy atom. The lowest BCUT2D eigenvalue weighted by Crippen LogP contribution is -2.49. The van der Waals surface area contributed by atoms with Crippen LogP contribution in [0.2, 0.25) is 0 Å². The van der Waals surface area contributed by atoms with E-state index in [2.05, 4.69) is 30.7 Å². The zero-order valence-corrected chi connectivity index (χ0v) is 18.3. The molecule has 0 unspecified atom stereocenters. The molecule has 4 rings (SSSR count). The SMILES string of the molecule is Cc1cc(N2CCCC2)nc(N2CCN(S(=O)(=O)c3ccc(Br)cc3)CC2)n1. The molecule has 2 saturated heterocycles. The predicted octanol–water partition coefficient (Wildman–Crippen LogP) is 2.66. The number of hydrogen-bond donors (Lipinski definition) is 0. The largest absolute Gasteiger partial charge is 0.356 e. The monoisotopic (exact) mass is 465 g/mol. The number of benzene rings is 1. The van der Waals surface area contributed by atoms with Crippen LogP contribution in [-0.2, 0) is 10.0 Å². The standard InChI is InChI=1S/C19H24BrN5O2S/c1-15-14-18(23-8-2-3-9-23)22-19(21-15)24-10-12-25(13-11-24)28(26,27)17-6-4-16(20)5-7-17/h4-7,14H,2-3,8-13H2,1H3. The molecule has 7 nitrogen and oxygen atoms in total. The average Bonchev–Trinajstić information content (AvgIpc) is 3.23. The molecule has 2 aliphatic rings. The molecule has 150 valence electrons. The summed E-state index contributed by atoms with van der Waals surface area (Å²) >= 11 is 3.35. The lowest BCUT2D eigenvalue weighted by atomic mass is 10.3. The average molecular weight is 466 g/mol. The molecule has 0 spiro atoms. The second-order valence-electron chi connectivity index (χ2n) is 7.21. The van der Waals surface area contributed by atoms with Crippen molar-refractivity contribution in [3.63, 3.8) is 0 Å². The molecule has 0 bridgehead atoms. The Hall–Kier alpha value is -1.71. The Morgan fingerprint density at radius 1 is 0.893 bits per heavy atom. The topological polar surface area (TPSA) is 69.6 Å². The highest BCUT2D eigenvalue weighted by Crippen LogP contribution is 2.24. The maximum absolute atomic E-state index is 12.9. The lowest BCUT2D eigenvalue weighted by Gasteiger charge is -2.34. The lowest BCUT2D eigenvalue weighted by molar-refractivity contribution is 0.382. The molecule has 0 radical (unpaired) electrons. The van der Waals surface area contributed by atoms with Crippen LogP contribution in [0, 0.1) is 6.92 Å². The van der Waals surface area contributed by atoms with Gasteiger partial charge in [-0.1, -0.05) is 15.9 Å². The minimum absolute atomic E-state index is 0.326. The molecular formula is C19H24BrN5O2S. The fourth-order valence-corrected chi connectivity index (χ4v) is 5.36. The molecule has 9 heteroatoms. The molecule has 1 aromatic heterocycles. The maximum Gasteiger partial charge on any atom is 0.243 e. The zero-order valence-electron chi connectivity index (χ0n) is 15.9. The van der Waals surface area contributed by atoms with Crippen molar-refractivity contribution >= 4 is 37.7 Å². The van der Waals surface area contributed by atoms with Gasteiger partial charge in [0.1, 0.15) is 5.82 Å². The first-order valence-corrected chi connectivity index (χ1v) is 11.8. The van der Waals surface area contributed by atoms with Crippen molar-refractivity contribution in [1.29, 1.82) is 0 Å². The van der Waals surface area contributed by atoms with Gasteiger partial charge in [-0.15, -0.1) is 0 Å². The third-order valence-electron chi connectivity index (χ3n) is 5.23. The summed E-state index contributed by atoms with van der Waals surface area (Å²) in [6.07, 6.45) is 2.40. The Kier molecular flexibility index (Phi) is 5.57. The summed E-state index contributed by atoms with van der Waals surface area (Å²) in [5.41, 5.74) is 0.941. The molecule has 2 fully saturated rings. The van der Waals surface area contributed by atoms with E-state index in [0.29, 0.717) is 37.0 Å². The van der Waals surface area contributed by atoms with E-state index in [0.717, 1.165) is 29.1 Å². The van der Waals surface area contributed by atoms with Gasteiger partial charge in [0.2, 0.25) is 16.0 Å². The normalized spacial score (nSPS) is 18.6. The Labute approximate surface area is 174 Å². The van der Waals surface area contributed by atoms with Gasteiger partial charge in [-0.25, -0.2) is 13.4 Å². The van der Waals surface area contributed by atoms with E-state index in [1.807, 2.05) is 13.0 Å². The minimum atomic E-state index is -3.48. The number of rotatable bonds is 4. The van der Waals surface area contributed by atoms with Crippen LogP contribution in [0.25, 0.3) is 0 Å². The predicted molar refractivity (Wildman–Crippen MR) is 113 cm³/mol. The van der Waals surface area contributed by atoms with Gasteiger partial charge < -0.3 is 9.80 Å². The van der Waals surface area contributed by atoms with Gasteiger partial charge in [0, 0.05) is 55.5 Å². The molecule has 1 aromatic carbocycles. The number of aromatic nitrogens is 2. The Balaban J connectivity index is 1.47.